The second-order valence-corrected chi connectivity index (χ2v) is 13.7. The zero-order valence-corrected chi connectivity index (χ0v) is 26.5. The van der Waals surface area contributed by atoms with Gasteiger partial charge in [0, 0.05) is 27.5 Å². The van der Waals surface area contributed by atoms with E-state index in [2.05, 4.69) is 31.9 Å². The standard InChI is InChI=1S/C28H30Br2O9S/c1-15(31)36-23-22(39-26(34)18-8-12-20(30)13-9-18)21(14-35-25(33)17-6-10-19(29)11-7-17)38-27(40-28(3,4)5)24(23)37-16(2)32/h6-13,21-24,27H,14H2,1-5H3/t21-,22-,23+,24-,27+/m1/s1. The van der Waals surface area contributed by atoms with Gasteiger partial charge in [0.05, 0.1) is 11.1 Å². The van der Waals surface area contributed by atoms with Crippen molar-refractivity contribution in [3.05, 3.63) is 68.6 Å². The minimum Gasteiger partial charge on any atom is -0.459 e. The average Bonchev–Trinajstić information content (AvgIpc) is 2.85. The Kier molecular flexibility index (Phi) is 11.2. The fraction of sp³-hybridized carbons (Fsp3) is 0.429. The molecule has 0 unspecified atom stereocenters. The predicted molar refractivity (Wildman–Crippen MR) is 155 cm³/mol. The van der Waals surface area contributed by atoms with E-state index < -0.39 is 53.7 Å². The maximum Gasteiger partial charge on any atom is 0.338 e. The molecule has 2 aromatic rings. The Bertz CT molecular complexity index is 1210. The van der Waals surface area contributed by atoms with E-state index in [1.54, 1.807) is 48.5 Å². The molecule has 9 nitrogen and oxygen atoms in total. The van der Waals surface area contributed by atoms with Crippen LogP contribution in [0.1, 0.15) is 55.3 Å². The van der Waals surface area contributed by atoms with Crippen LogP contribution in [-0.4, -0.2) is 65.1 Å². The fourth-order valence-corrected chi connectivity index (χ4v) is 5.61. The number of carbonyl (C=O) groups excluding carboxylic acids is 4. The molecular weight excluding hydrogens is 672 g/mol. The van der Waals surface area contributed by atoms with Crippen molar-refractivity contribution in [1.82, 2.24) is 0 Å². The maximum atomic E-state index is 13.2. The highest BCUT2D eigenvalue weighted by Crippen LogP contribution is 2.39. The van der Waals surface area contributed by atoms with E-state index in [-0.39, 0.29) is 16.9 Å². The lowest BCUT2D eigenvalue weighted by molar-refractivity contribution is -0.228. The summed E-state index contributed by atoms with van der Waals surface area (Å²) in [6.07, 6.45) is -4.70. The van der Waals surface area contributed by atoms with Crippen LogP contribution in [0.5, 0.6) is 0 Å². The quantitative estimate of drug-likeness (QED) is 0.250. The molecule has 12 heteroatoms. The van der Waals surface area contributed by atoms with Gasteiger partial charge in [-0.15, -0.1) is 11.8 Å². The maximum absolute atomic E-state index is 13.2. The Morgan fingerprint density at radius 1 is 0.750 bits per heavy atom. The average molecular weight is 702 g/mol. The van der Waals surface area contributed by atoms with Crippen molar-refractivity contribution in [2.24, 2.45) is 0 Å². The monoisotopic (exact) mass is 700 g/mol. The van der Waals surface area contributed by atoms with E-state index >= 15 is 0 Å². The van der Waals surface area contributed by atoms with Crippen LogP contribution >= 0.6 is 43.6 Å². The van der Waals surface area contributed by atoms with Crippen LogP contribution in [-0.2, 0) is 33.3 Å². The third-order valence-corrected chi connectivity index (χ3v) is 7.82. The SMILES string of the molecule is CC(=O)O[C@@H]1[C@@H](OC(C)=O)[C@H](SC(C)(C)C)O[C@H](COC(=O)c2ccc(Br)cc2)[C@H]1OC(=O)c1ccc(Br)cc1. The molecular formula is C28H30Br2O9S. The van der Waals surface area contributed by atoms with Crippen molar-refractivity contribution in [3.8, 4) is 0 Å². The van der Waals surface area contributed by atoms with Gasteiger partial charge >= 0.3 is 23.9 Å². The minimum absolute atomic E-state index is 0.227. The largest absolute Gasteiger partial charge is 0.459 e. The molecule has 1 aliphatic rings. The highest BCUT2D eigenvalue weighted by atomic mass is 79.9. The molecule has 0 aliphatic carbocycles. The number of hydrogen-bond acceptors (Lipinski definition) is 10. The lowest BCUT2D eigenvalue weighted by Gasteiger charge is -2.45. The molecule has 0 amide bonds. The van der Waals surface area contributed by atoms with E-state index in [1.165, 1.54) is 25.6 Å². The Morgan fingerprint density at radius 2 is 1.23 bits per heavy atom. The normalized spacial score (nSPS) is 22.6. The molecule has 0 N–H and O–H groups in total. The number of esters is 4. The summed E-state index contributed by atoms with van der Waals surface area (Å²) in [5, 5.41) is 0. The molecule has 1 aliphatic heterocycles. The predicted octanol–water partition coefficient (Wildman–Crippen LogP) is 5.71. The number of hydrogen-bond donors (Lipinski definition) is 0. The van der Waals surface area contributed by atoms with Crippen LogP contribution in [0.3, 0.4) is 0 Å². The molecule has 0 radical (unpaired) electrons. The number of thioether (sulfide) groups is 1. The Hall–Kier alpha value is -2.41. The third-order valence-electron chi connectivity index (χ3n) is 5.45. The number of benzene rings is 2. The van der Waals surface area contributed by atoms with Crippen LogP contribution in [0.4, 0.5) is 0 Å². The van der Waals surface area contributed by atoms with Crippen LogP contribution in [0.25, 0.3) is 0 Å². The van der Waals surface area contributed by atoms with E-state index in [9.17, 15) is 19.2 Å². The molecule has 1 fully saturated rings. The Labute approximate surface area is 253 Å². The van der Waals surface area contributed by atoms with Gasteiger partial charge in [0.25, 0.3) is 0 Å². The van der Waals surface area contributed by atoms with Crippen molar-refractivity contribution >= 4 is 67.5 Å². The zero-order chi connectivity index (χ0) is 29.6. The highest BCUT2D eigenvalue weighted by Gasteiger charge is 2.53. The third kappa shape index (κ3) is 9.32. The van der Waals surface area contributed by atoms with Gasteiger partial charge in [-0.3, -0.25) is 9.59 Å². The van der Waals surface area contributed by atoms with Crippen LogP contribution in [0.2, 0.25) is 0 Å². The summed E-state index contributed by atoms with van der Waals surface area (Å²) in [5.74, 6) is -2.67. The topological polar surface area (TPSA) is 114 Å². The van der Waals surface area contributed by atoms with Gasteiger partial charge < -0.3 is 23.7 Å². The molecule has 1 saturated heterocycles. The van der Waals surface area contributed by atoms with Crippen molar-refractivity contribution < 1.29 is 42.9 Å². The van der Waals surface area contributed by atoms with E-state index in [4.69, 9.17) is 23.7 Å². The summed E-state index contributed by atoms with van der Waals surface area (Å²) in [7, 11) is 0. The Morgan fingerprint density at radius 3 is 1.70 bits per heavy atom. The van der Waals surface area contributed by atoms with Gasteiger partial charge in [0.2, 0.25) is 0 Å². The molecule has 1 heterocycles. The molecule has 0 saturated carbocycles. The van der Waals surface area contributed by atoms with Gasteiger partial charge in [0.15, 0.2) is 18.3 Å². The minimum atomic E-state index is -1.28. The van der Waals surface area contributed by atoms with Crippen molar-refractivity contribution in [1.29, 1.82) is 0 Å². The van der Waals surface area contributed by atoms with Gasteiger partial charge in [-0.2, -0.15) is 0 Å². The van der Waals surface area contributed by atoms with Crippen molar-refractivity contribution in [2.75, 3.05) is 6.61 Å². The summed E-state index contributed by atoms with van der Waals surface area (Å²) in [4.78, 5) is 50.3. The van der Waals surface area contributed by atoms with Crippen molar-refractivity contribution in [3.63, 3.8) is 0 Å². The highest BCUT2D eigenvalue weighted by molar-refractivity contribution is 9.10. The van der Waals surface area contributed by atoms with Gasteiger partial charge in [-0.1, -0.05) is 52.6 Å². The van der Waals surface area contributed by atoms with E-state index in [0.29, 0.717) is 5.56 Å². The molecule has 0 bridgehead atoms. The summed E-state index contributed by atoms with van der Waals surface area (Å²) >= 11 is 7.98. The second-order valence-electron chi connectivity index (χ2n) is 9.90. The van der Waals surface area contributed by atoms with Gasteiger partial charge in [-0.25, -0.2) is 9.59 Å². The summed E-state index contributed by atoms with van der Waals surface area (Å²) in [6, 6.07) is 13.0. The molecule has 40 heavy (non-hydrogen) atoms. The lowest BCUT2D eigenvalue weighted by Crippen LogP contribution is -2.62. The van der Waals surface area contributed by atoms with Crippen LogP contribution in [0.15, 0.2) is 57.5 Å². The molecule has 2 aromatic carbocycles. The van der Waals surface area contributed by atoms with Gasteiger partial charge in [-0.05, 0) is 48.5 Å². The molecule has 216 valence electrons. The molecule has 0 aromatic heterocycles. The van der Waals surface area contributed by atoms with Gasteiger partial charge in [0.1, 0.15) is 18.1 Å². The smallest absolute Gasteiger partial charge is 0.338 e. The lowest BCUT2D eigenvalue weighted by atomic mass is 9.99. The molecule has 5 atom stereocenters. The molecule has 3 rings (SSSR count). The number of ether oxygens (including phenoxy) is 5. The summed E-state index contributed by atoms with van der Waals surface area (Å²) in [6.45, 7) is 7.90. The summed E-state index contributed by atoms with van der Waals surface area (Å²) < 4.78 is 30.1. The van der Waals surface area contributed by atoms with Crippen molar-refractivity contribution in [2.45, 2.75) is 69.2 Å². The number of carbonyl (C=O) groups is 4. The first-order chi connectivity index (χ1) is 18.7. The first-order valence-electron chi connectivity index (χ1n) is 12.3. The second kappa shape index (κ2) is 14.0. The first-order valence-corrected chi connectivity index (χ1v) is 14.8. The van der Waals surface area contributed by atoms with Crippen LogP contribution < -0.4 is 0 Å². The van der Waals surface area contributed by atoms with E-state index in [1.807, 2.05) is 20.8 Å². The molecule has 0 spiro atoms. The number of rotatable bonds is 8. The van der Waals surface area contributed by atoms with E-state index in [0.717, 1.165) is 8.95 Å². The zero-order valence-electron chi connectivity index (χ0n) is 22.6. The Balaban J connectivity index is 1.98. The fourth-order valence-electron chi connectivity index (χ4n) is 3.85. The van der Waals surface area contributed by atoms with Crippen LogP contribution in [0, 0.1) is 0 Å². The summed E-state index contributed by atoms with van der Waals surface area (Å²) in [5.41, 5.74) is -0.310. The number of halogens is 2. The first kappa shape index (κ1) is 32.1.